The summed E-state index contributed by atoms with van der Waals surface area (Å²) in [4.78, 5) is 0. The van der Waals surface area contributed by atoms with Crippen molar-refractivity contribution in [3.05, 3.63) is 0 Å². The Morgan fingerprint density at radius 3 is 2.14 bits per heavy atom. The topological polar surface area (TPSA) is 46.2 Å². The Bertz CT molecular complexity index is 257. The van der Waals surface area contributed by atoms with Gasteiger partial charge in [-0.1, -0.05) is 19.8 Å². The molecule has 0 bridgehead atoms. The molecule has 0 radical (unpaired) electrons. The first-order chi connectivity index (χ1) is 6.27. The SMILES string of the molecule is CCCCC(NC)C(C)(C)S(C)(=O)=O. The summed E-state index contributed by atoms with van der Waals surface area (Å²) in [6.45, 7) is 5.69. The first-order valence-electron chi connectivity index (χ1n) is 5.14. The highest BCUT2D eigenvalue weighted by molar-refractivity contribution is 7.92. The zero-order valence-corrected chi connectivity index (χ0v) is 10.7. The molecule has 0 saturated heterocycles. The Morgan fingerprint density at radius 2 is 1.86 bits per heavy atom. The van der Waals surface area contributed by atoms with E-state index in [0.717, 1.165) is 19.3 Å². The fraction of sp³-hybridized carbons (Fsp3) is 1.00. The molecule has 4 heteroatoms. The van der Waals surface area contributed by atoms with Crippen LogP contribution in [0.2, 0.25) is 0 Å². The highest BCUT2D eigenvalue weighted by Gasteiger charge is 2.37. The van der Waals surface area contributed by atoms with E-state index >= 15 is 0 Å². The van der Waals surface area contributed by atoms with Crippen LogP contribution in [0.4, 0.5) is 0 Å². The van der Waals surface area contributed by atoms with Crippen molar-refractivity contribution in [3.8, 4) is 0 Å². The van der Waals surface area contributed by atoms with Crippen LogP contribution in [0.15, 0.2) is 0 Å². The number of rotatable bonds is 6. The van der Waals surface area contributed by atoms with Crippen molar-refractivity contribution in [2.75, 3.05) is 13.3 Å². The molecular weight excluding hydrogens is 198 g/mol. The molecular formula is C10H23NO2S. The van der Waals surface area contributed by atoms with Crippen molar-refractivity contribution in [1.29, 1.82) is 0 Å². The van der Waals surface area contributed by atoms with Crippen LogP contribution in [0.1, 0.15) is 40.0 Å². The van der Waals surface area contributed by atoms with Gasteiger partial charge in [0.25, 0.3) is 0 Å². The van der Waals surface area contributed by atoms with E-state index in [4.69, 9.17) is 0 Å². The minimum Gasteiger partial charge on any atom is -0.315 e. The lowest BCUT2D eigenvalue weighted by molar-refractivity contribution is 0.401. The van der Waals surface area contributed by atoms with Crippen molar-refractivity contribution in [2.45, 2.75) is 50.8 Å². The summed E-state index contributed by atoms with van der Waals surface area (Å²) < 4.78 is 22.5. The van der Waals surface area contributed by atoms with Crippen molar-refractivity contribution < 1.29 is 8.42 Å². The fourth-order valence-electron chi connectivity index (χ4n) is 1.51. The summed E-state index contributed by atoms with van der Waals surface area (Å²) in [5.74, 6) is 0. The molecule has 0 saturated carbocycles. The molecule has 14 heavy (non-hydrogen) atoms. The molecule has 1 unspecified atom stereocenters. The summed E-state index contributed by atoms with van der Waals surface area (Å²) >= 11 is 0. The molecule has 86 valence electrons. The van der Waals surface area contributed by atoms with Crippen LogP contribution < -0.4 is 5.32 Å². The first kappa shape index (κ1) is 13.9. The van der Waals surface area contributed by atoms with E-state index in [9.17, 15) is 8.42 Å². The number of nitrogens with one attached hydrogen (secondary N) is 1. The third kappa shape index (κ3) is 3.24. The smallest absolute Gasteiger partial charge is 0.154 e. The molecule has 0 aliphatic heterocycles. The van der Waals surface area contributed by atoms with Crippen LogP contribution in [0, 0.1) is 0 Å². The van der Waals surface area contributed by atoms with E-state index in [0.29, 0.717) is 0 Å². The highest BCUT2D eigenvalue weighted by Crippen LogP contribution is 2.23. The third-order valence-electron chi connectivity index (χ3n) is 2.99. The molecule has 0 amide bonds. The van der Waals surface area contributed by atoms with Gasteiger partial charge in [0.2, 0.25) is 0 Å². The van der Waals surface area contributed by atoms with Gasteiger partial charge in [-0.2, -0.15) is 0 Å². The van der Waals surface area contributed by atoms with Crippen LogP contribution in [0.3, 0.4) is 0 Å². The quantitative estimate of drug-likeness (QED) is 0.741. The fourth-order valence-corrected chi connectivity index (χ4v) is 2.26. The second kappa shape index (κ2) is 5.12. The van der Waals surface area contributed by atoms with Gasteiger partial charge in [-0.05, 0) is 27.3 Å². The van der Waals surface area contributed by atoms with Gasteiger partial charge >= 0.3 is 0 Å². The summed E-state index contributed by atoms with van der Waals surface area (Å²) in [6, 6.07) is 0.0393. The Balaban J connectivity index is 4.66. The largest absolute Gasteiger partial charge is 0.315 e. The maximum Gasteiger partial charge on any atom is 0.154 e. The Morgan fingerprint density at radius 1 is 1.36 bits per heavy atom. The molecule has 0 aromatic rings. The summed E-state index contributed by atoms with van der Waals surface area (Å²) in [6.07, 6.45) is 4.37. The van der Waals surface area contributed by atoms with E-state index in [-0.39, 0.29) is 6.04 Å². The lowest BCUT2D eigenvalue weighted by Gasteiger charge is -2.32. The second-order valence-corrected chi connectivity index (χ2v) is 6.96. The molecule has 0 rings (SSSR count). The van der Waals surface area contributed by atoms with E-state index in [1.165, 1.54) is 6.26 Å². The van der Waals surface area contributed by atoms with E-state index < -0.39 is 14.6 Å². The number of hydrogen-bond donors (Lipinski definition) is 1. The van der Waals surface area contributed by atoms with Gasteiger partial charge in [0.15, 0.2) is 9.84 Å². The standard InChI is InChI=1S/C10H23NO2S/c1-6-7-8-9(11-4)10(2,3)14(5,12)13/h9,11H,6-8H2,1-5H3. The lowest BCUT2D eigenvalue weighted by Crippen LogP contribution is -2.50. The van der Waals surface area contributed by atoms with Gasteiger partial charge in [0, 0.05) is 12.3 Å². The van der Waals surface area contributed by atoms with Crippen LogP contribution in [0.5, 0.6) is 0 Å². The van der Waals surface area contributed by atoms with E-state index in [1.54, 1.807) is 13.8 Å². The van der Waals surface area contributed by atoms with Gasteiger partial charge in [0.05, 0.1) is 4.75 Å². The molecule has 0 aromatic carbocycles. The van der Waals surface area contributed by atoms with Crippen molar-refractivity contribution >= 4 is 9.84 Å². The molecule has 0 aliphatic rings. The monoisotopic (exact) mass is 221 g/mol. The van der Waals surface area contributed by atoms with Crippen LogP contribution in [-0.4, -0.2) is 32.5 Å². The lowest BCUT2D eigenvalue weighted by atomic mass is 9.98. The molecule has 0 aromatic heterocycles. The summed E-state index contributed by atoms with van der Waals surface area (Å²) in [5, 5.41) is 3.10. The van der Waals surface area contributed by atoms with Crippen molar-refractivity contribution in [3.63, 3.8) is 0 Å². The summed E-state index contributed by atoms with van der Waals surface area (Å²) in [5.41, 5.74) is 0. The molecule has 0 heterocycles. The minimum absolute atomic E-state index is 0.0393. The number of hydrogen-bond acceptors (Lipinski definition) is 3. The van der Waals surface area contributed by atoms with Crippen molar-refractivity contribution in [2.24, 2.45) is 0 Å². The highest BCUT2D eigenvalue weighted by atomic mass is 32.2. The molecule has 0 spiro atoms. The van der Waals surface area contributed by atoms with E-state index in [2.05, 4.69) is 12.2 Å². The normalized spacial score (nSPS) is 15.5. The van der Waals surface area contributed by atoms with Gasteiger partial charge in [-0.15, -0.1) is 0 Å². The predicted molar refractivity (Wildman–Crippen MR) is 61.3 cm³/mol. The van der Waals surface area contributed by atoms with Crippen LogP contribution in [0.25, 0.3) is 0 Å². The first-order valence-corrected chi connectivity index (χ1v) is 7.03. The summed E-state index contributed by atoms with van der Waals surface area (Å²) in [7, 11) is -1.18. The Labute approximate surface area is 88.2 Å². The molecule has 3 nitrogen and oxygen atoms in total. The Hall–Kier alpha value is -0.0900. The predicted octanol–water partition coefficient (Wildman–Crippen LogP) is 1.59. The van der Waals surface area contributed by atoms with Crippen molar-refractivity contribution in [1.82, 2.24) is 5.32 Å². The third-order valence-corrected chi connectivity index (χ3v) is 5.19. The second-order valence-electron chi connectivity index (χ2n) is 4.36. The molecule has 0 aliphatic carbocycles. The molecule has 1 atom stereocenters. The number of sulfone groups is 1. The van der Waals surface area contributed by atoms with Crippen LogP contribution >= 0.6 is 0 Å². The average molecular weight is 221 g/mol. The molecule has 1 N–H and O–H groups in total. The zero-order chi connectivity index (χ0) is 11.4. The van der Waals surface area contributed by atoms with Gasteiger partial charge in [-0.25, -0.2) is 8.42 Å². The van der Waals surface area contributed by atoms with E-state index in [1.807, 2.05) is 7.05 Å². The Kier molecular flexibility index (Phi) is 5.09. The number of unbranched alkanes of at least 4 members (excludes halogenated alkanes) is 1. The average Bonchev–Trinajstić information content (AvgIpc) is 2.03. The maximum absolute atomic E-state index is 11.6. The van der Waals surface area contributed by atoms with Gasteiger partial charge in [-0.3, -0.25) is 0 Å². The molecule has 0 fully saturated rings. The van der Waals surface area contributed by atoms with Gasteiger partial charge < -0.3 is 5.32 Å². The minimum atomic E-state index is -3.01. The van der Waals surface area contributed by atoms with Gasteiger partial charge in [0.1, 0.15) is 0 Å². The zero-order valence-electron chi connectivity index (χ0n) is 9.92. The maximum atomic E-state index is 11.6. The van der Waals surface area contributed by atoms with Crippen LogP contribution in [-0.2, 0) is 9.84 Å².